The van der Waals surface area contributed by atoms with Gasteiger partial charge in [0, 0.05) is 25.5 Å². The molecule has 116 valence electrons. The van der Waals surface area contributed by atoms with E-state index in [0.29, 0.717) is 0 Å². The molecule has 7 nitrogen and oxygen atoms in total. The summed E-state index contributed by atoms with van der Waals surface area (Å²) in [7, 11) is 0. The minimum absolute atomic E-state index is 0.0158. The highest BCUT2D eigenvalue weighted by Gasteiger charge is 2.30. The van der Waals surface area contributed by atoms with E-state index in [1.165, 1.54) is 5.56 Å². The van der Waals surface area contributed by atoms with Crippen LogP contribution in [0, 0.1) is 0 Å². The number of aryl methyl sites for hydroxylation is 1. The van der Waals surface area contributed by atoms with E-state index >= 15 is 0 Å². The maximum absolute atomic E-state index is 12.5. The second kappa shape index (κ2) is 5.47. The summed E-state index contributed by atoms with van der Waals surface area (Å²) in [6, 6.07) is 2.28. The molecule has 3 heterocycles. The molecule has 2 N–H and O–H groups in total. The van der Waals surface area contributed by atoms with E-state index < -0.39 is 0 Å². The van der Waals surface area contributed by atoms with E-state index in [9.17, 15) is 4.79 Å². The van der Waals surface area contributed by atoms with Crippen LogP contribution in [0.25, 0.3) is 0 Å². The van der Waals surface area contributed by atoms with Gasteiger partial charge in [0.2, 0.25) is 0 Å². The molecular weight excluding hydrogens is 280 g/mol. The van der Waals surface area contributed by atoms with E-state index in [2.05, 4.69) is 20.6 Å². The number of likely N-dealkylation sites (tertiary alicyclic amines) is 1. The normalized spacial score (nSPS) is 24.3. The summed E-state index contributed by atoms with van der Waals surface area (Å²) in [6.07, 6.45) is 9.68. The average Bonchev–Trinajstić information content (AvgIpc) is 3.27. The number of amides is 2. The van der Waals surface area contributed by atoms with Crippen LogP contribution in [0.5, 0.6) is 0 Å². The molecule has 2 aromatic heterocycles. The van der Waals surface area contributed by atoms with Crippen molar-refractivity contribution in [2.45, 2.75) is 37.8 Å². The number of hydrogen-bond donors (Lipinski definition) is 2. The summed E-state index contributed by atoms with van der Waals surface area (Å²) in [5, 5.41) is 14.6. The molecule has 1 aliphatic heterocycles. The number of H-pyrrole nitrogens is 1. The number of nitrogens with one attached hydrogen (secondary N) is 2. The fourth-order valence-corrected chi connectivity index (χ4v) is 3.49. The molecule has 7 heteroatoms. The Labute approximate surface area is 128 Å². The number of aromatic amines is 1. The summed E-state index contributed by atoms with van der Waals surface area (Å²) in [5.41, 5.74) is 2.30. The number of carbonyl (C=O) groups excluding carboxylic acids is 1. The average molecular weight is 300 g/mol. The molecule has 0 saturated carbocycles. The van der Waals surface area contributed by atoms with Crippen molar-refractivity contribution in [3.8, 4) is 0 Å². The molecule has 0 aromatic carbocycles. The van der Waals surface area contributed by atoms with Crippen molar-refractivity contribution in [3.05, 3.63) is 35.9 Å². The molecule has 22 heavy (non-hydrogen) atoms. The monoisotopic (exact) mass is 300 g/mol. The van der Waals surface area contributed by atoms with E-state index in [-0.39, 0.29) is 18.1 Å². The molecule has 1 aliphatic carbocycles. The zero-order chi connectivity index (χ0) is 14.9. The van der Waals surface area contributed by atoms with Crippen LogP contribution in [0.15, 0.2) is 24.7 Å². The van der Waals surface area contributed by atoms with E-state index in [1.807, 2.05) is 28.0 Å². The number of nitrogens with zero attached hydrogens (tertiary/aromatic N) is 4. The molecule has 1 fully saturated rings. The summed E-state index contributed by atoms with van der Waals surface area (Å²) in [5.74, 6) is 0. The zero-order valence-corrected chi connectivity index (χ0v) is 12.4. The highest BCUT2D eigenvalue weighted by molar-refractivity contribution is 5.75. The number of urea groups is 1. The summed E-state index contributed by atoms with van der Waals surface area (Å²) in [4.78, 5) is 14.4. The van der Waals surface area contributed by atoms with Crippen LogP contribution in [-0.2, 0) is 6.42 Å². The first-order valence-electron chi connectivity index (χ1n) is 7.88. The lowest BCUT2D eigenvalue weighted by atomic mass is 9.94. The van der Waals surface area contributed by atoms with Gasteiger partial charge in [0.25, 0.3) is 0 Å². The molecule has 2 amide bonds. The van der Waals surface area contributed by atoms with Gasteiger partial charge in [-0.1, -0.05) is 0 Å². The van der Waals surface area contributed by atoms with Crippen molar-refractivity contribution in [3.63, 3.8) is 0 Å². The van der Waals surface area contributed by atoms with Gasteiger partial charge in [-0.05, 0) is 37.3 Å². The smallest absolute Gasteiger partial charge is 0.318 e. The maximum Gasteiger partial charge on any atom is 0.318 e. The molecule has 4 rings (SSSR count). The Bertz CT molecular complexity index is 649. The van der Waals surface area contributed by atoms with Crippen molar-refractivity contribution >= 4 is 6.03 Å². The van der Waals surface area contributed by atoms with Gasteiger partial charge in [-0.3, -0.25) is 9.78 Å². The van der Waals surface area contributed by atoms with Crippen LogP contribution in [0.1, 0.15) is 42.6 Å². The van der Waals surface area contributed by atoms with E-state index in [1.54, 1.807) is 6.20 Å². The van der Waals surface area contributed by atoms with Crippen LogP contribution in [0.2, 0.25) is 0 Å². The minimum Gasteiger partial charge on any atom is -0.330 e. The lowest BCUT2D eigenvalue weighted by Gasteiger charge is -2.26. The minimum atomic E-state index is 0.0158. The molecule has 2 unspecified atom stereocenters. The van der Waals surface area contributed by atoms with Crippen molar-refractivity contribution in [2.75, 3.05) is 13.1 Å². The van der Waals surface area contributed by atoms with Crippen molar-refractivity contribution in [1.29, 1.82) is 0 Å². The second-order valence-corrected chi connectivity index (χ2v) is 6.08. The third kappa shape index (κ3) is 2.36. The van der Waals surface area contributed by atoms with Gasteiger partial charge in [-0.15, -0.1) is 0 Å². The number of aromatic nitrogens is 4. The Morgan fingerprint density at radius 2 is 2.36 bits per heavy atom. The van der Waals surface area contributed by atoms with Crippen molar-refractivity contribution in [2.24, 2.45) is 0 Å². The van der Waals surface area contributed by atoms with Crippen LogP contribution >= 0.6 is 0 Å². The number of rotatable bonds is 2. The molecule has 0 bridgehead atoms. The Hall–Kier alpha value is -2.31. The number of fused-ring (bicyclic) bond motifs is 1. The van der Waals surface area contributed by atoms with Gasteiger partial charge in [0.05, 0.1) is 24.0 Å². The molecule has 2 atom stereocenters. The largest absolute Gasteiger partial charge is 0.330 e. The summed E-state index contributed by atoms with van der Waals surface area (Å²) < 4.78 is 1.95. The van der Waals surface area contributed by atoms with Gasteiger partial charge < -0.3 is 10.2 Å². The Morgan fingerprint density at radius 1 is 1.41 bits per heavy atom. The number of carbonyl (C=O) groups is 1. The van der Waals surface area contributed by atoms with Gasteiger partial charge in [-0.2, -0.15) is 10.2 Å². The molecule has 1 saturated heterocycles. The fourth-order valence-electron chi connectivity index (χ4n) is 3.49. The third-order valence-electron chi connectivity index (χ3n) is 4.69. The summed E-state index contributed by atoms with van der Waals surface area (Å²) in [6.45, 7) is 1.50. The fraction of sp³-hybridized carbons (Fsp3) is 0.533. The van der Waals surface area contributed by atoms with Crippen molar-refractivity contribution in [1.82, 2.24) is 30.2 Å². The molecular formula is C15H20N6O. The van der Waals surface area contributed by atoms with E-state index in [0.717, 1.165) is 44.5 Å². The molecule has 2 aromatic rings. The lowest BCUT2D eigenvalue weighted by Crippen LogP contribution is -2.41. The predicted molar refractivity (Wildman–Crippen MR) is 80.3 cm³/mol. The second-order valence-electron chi connectivity index (χ2n) is 6.08. The predicted octanol–water partition coefficient (Wildman–Crippen LogP) is 1.64. The van der Waals surface area contributed by atoms with Crippen LogP contribution in [0.4, 0.5) is 4.79 Å². The number of hydrogen-bond acceptors (Lipinski definition) is 3. The Kier molecular flexibility index (Phi) is 3.32. The Morgan fingerprint density at radius 3 is 3.23 bits per heavy atom. The highest BCUT2D eigenvalue weighted by Crippen LogP contribution is 2.28. The lowest BCUT2D eigenvalue weighted by molar-refractivity contribution is 0.201. The van der Waals surface area contributed by atoms with Crippen LogP contribution in [-0.4, -0.2) is 44.0 Å². The zero-order valence-electron chi connectivity index (χ0n) is 12.4. The maximum atomic E-state index is 12.5. The van der Waals surface area contributed by atoms with Gasteiger partial charge in [-0.25, -0.2) is 4.79 Å². The van der Waals surface area contributed by atoms with Gasteiger partial charge in [0.1, 0.15) is 0 Å². The Balaban J connectivity index is 1.40. The molecule has 0 radical (unpaired) electrons. The molecule has 2 aliphatic rings. The first kappa shape index (κ1) is 13.4. The SMILES string of the molecule is O=C(NC1CCCc2cn[nH]c21)N1CCC(n2cccn2)C1. The van der Waals surface area contributed by atoms with Crippen LogP contribution < -0.4 is 5.32 Å². The molecule has 0 spiro atoms. The van der Waals surface area contributed by atoms with E-state index in [4.69, 9.17) is 0 Å². The third-order valence-corrected chi connectivity index (χ3v) is 4.69. The first-order valence-corrected chi connectivity index (χ1v) is 7.88. The van der Waals surface area contributed by atoms with Gasteiger partial charge >= 0.3 is 6.03 Å². The first-order chi connectivity index (χ1) is 10.8. The topological polar surface area (TPSA) is 78.8 Å². The standard InChI is InChI=1S/C15H20N6O/c22-15(18-13-4-1-3-11-9-16-19-14(11)13)20-8-5-12(10-20)21-7-2-6-17-21/h2,6-7,9,12-13H,1,3-5,8,10H2,(H,16,19)(H,18,22). The highest BCUT2D eigenvalue weighted by atomic mass is 16.2. The van der Waals surface area contributed by atoms with Crippen LogP contribution in [0.3, 0.4) is 0 Å². The van der Waals surface area contributed by atoms with Crippen molar-refractivity contribution < 1.29 is 4.79 Å². The quantitative estimate of drug-likeness (QED) is 0.885. The van der Waals surface area contributed by atoms with Gasteiger partial charge in [0.15, 0.2) is 0 Å². The summed E-state index contributed by atoms with van der Waals surface area (Å²) >= 11 is 0.